The van der Waals surface area contributed by atoms with Crippen LogP contribution in [0.2, 0.25) is 0 Å². The second kappa shape index (κ2) is 10.4. The Morgan fingerprint density at radius 1 is 1.16 bits per heavy atom. The molecule has 170 valence electrons. The Balaban J connectivity index is 1.39. The van der Waals surface area contributed by atoms with E-state index in [1.807, 2.05) is 23.6 Å². The number of aromatic nitrogens is 3. The number of aryl methyl sites for hydroxylation is 3. The molecule has 1 unspecified atom stereocenters. The highest BCUT2D eigenvalue weighted by molar-refractivity contribution is 7.99. The highest BCUT2D eigenvalue weighted by Crippen LogP contribution is 2.26. The summed E-state index contributed by atoms with van der Waals surface area (Å²) >= 11 is 1.41. The van der Waals surface area contributed by atoms with E-state index in [0.717, 1.165) is 41.1 Å². The summed E-state index contributed by atoms with van der Waals surface area (Å²) in [6, 6.07) is 10.3. The molecule has 4 rings (SSSR count). The van der Waals surface area contributed by atoms with Crippen LogP contribution in [0, 0.1) is 20.8 Å². The highest BCUT2D eigenvalue weighted by atomic mass is 32.2. The van der Waals surface area contributed by atoms with E-state index >= 15 is 0 Å². The van der Waals surface area contributed by atoms with Crippen molar-refractivity contribution in [2.75, 3.05) is 25.4 Å². The van der Waals surface area contributed by atoms with Gasteiger partial charge in [0.25, 0.3) is 0 Å². The molecule has 3 heterocycles. The van der Waals surface area contributed by atoms with Crippen LogP contribution < -0.4 is 5.32 Å². The van der Waals surface area contributed by atoms with Crippen LogP contribution in [0.3, 0.4) is 0 Å². The molecule has 3 aromatic rings. The summed E-state index contributed by atoms with van der Waals surface area (Å²) in [7, 11) is 0. The largest absolute Gasteiger partial charge is 0.468 e. The first-order valence-electron chi connectivity index (χ1n) is 11.2. The van der Waals surface area contributed by atoms with Gasteiger partial charge in [-0.25, -0.2) is 0 Å². The Morgan fingerprint density at radius 2 is 1.97 bits per heavy atom. The van der Waals surface area contributed by atoms with E-state index in [0.29, 0.717) is 6.54 Å². The number of likely N-dealkylation sites (tertiary alicyclic amines) is 1. The lowest BCUT2D eigenvalue weighted by Gasteiger charge is -2.33. The zero-order valence-corrected chi connectivity index (χ0v) is 19.8. The Hall–Kier alpha value is -2.58. The van der Waals surface area contributed by atoms with Crippen LogP contribution in [-0.2, 0) is 4.79 Å². The number of carbonyl (C=O) groups is 1. The maximum atomic E-state index is 12.7. The summed E-state index contributed by atoms with van der Waals surface area (Å²) in [5, 5.41) is 12.4. The van der Waals surface area contributed by atoms with Gasteiger partial charge >= 0.3 is 0 Å². The first kappa shape index (κ1) is 22.6. The summed E-state index contributed by atoms with van der Waals surface area (Å²) < 4.78 is 7.71. The average molecular weight is 454 g/mol. The first-order valence-corrected chi connectivity index (χ1v) is 12.2. The van der Waals surface area contributed by atoms with E-state index in [4.69, 9.17) is 4.42 Å². The minimum atomic E-state index is -0.0169. The number of nitrogens with one attached hydrogen (secondary N) is 1. The van der Waals surface area contributed by atoms with Crippen LogP contribution in [0.15, 0.2) is 46.2 Å². The SMILES string of the molecule is Cc1ccc(C)c(-n2c(C)nnc2SCC(=O)NCC(c2ccco2)N2CCCCC2)c1. The van der Waals surface area contributed by atoms with E-state index < -0.39 is 0 Å². The molecule has 1 N–H and O–H groups in total. The topological polar surface area (TPSA) is 76.2 Å². The molecule has 1 saturated heterocycles. The van der Waals surface area contributed by atoms with Crippen LogP contribution in [-0.4, -0.2) is 51.0 Å². The van der Waals surface area contributed by atoms with E-state index in [2.05, 4.69) is 52.5 Å². The van der Waals surface area contributed by atoms with Gasteiger partial charge in [0.15, 0.2) is 5.16 Å². The van der Waals surface area contributed by atoms with Gasteiger partial charge in [0.1, 0.15) is 11.6 Å². The molecule has 7 nitrogen and oxygen atoms in total. The van der Waals surface area contributed by atoms with Gasteiger partial charge in [0.2, 0.25) is 5.91 Å². The quantitative estimate of drug-likeness (QED) is 0.515. The number of amides is 1. The molecule has 0 bridgehead atoms. The van der Waals surface area contributed by atoms with E-state index in [9.17, 15) is 4.79 Å². The van der Waals surface area contributed by atoms with Crippen molar-refractivity contribution in [3.8, 4) is 5.69 Å². The summed E-state index contributed by atoms with van der Waals surface area (Å²) in [4.78, 5) is 15.1. The number of rotatable bonds is 8. The van der Waals surface area contributed by atoms with Crippen molar-refractivity contribution in [3.05, 3.63) is 59.3 Å². The standard InChI is InChI=1S/C24H31N5O2S/c1-17-9-10-18(2)20(14-17)29-19(3)26-27-24(29)32-16-23(30)25-15-21(22-8-7-13-31-22)28-11-5-4-6-12-28/h7-10,13-14,21H,4-6,11-12,15-16H2,1-3H3,(H,25,30). The highest BCUT2D eigenvalue weighted by Gasteiger charge is 2.25. The van der Waals surface area contributed by atoms with Crippen molar-refractivity contribution in [2.24, 2.45) is 0 Å². The summed E-state index contributed by atoms with van der Waals surface area (Å²) in [5.74, 6) is 1.99. The molecule has 1 amide bonds. The zero-order valence-electron chi connectivity index (χ0n) is 19.0. The average Bonchev–Trinajstić information content (AvgIpc) is 3.45. The van der Waals surface area contributed by atoms with Gasteiger partial charge in [-0.1, -0.05) is 30.3 Å². The number of benzene rings is 1. The number of furan rings is 1. The van der Waals surface area contributed by atoms with Gasteiger partial charge in [-0.3, -0.25) is 14.3 Å². The lowest BCUT2D eigenvalue weighted by molar-refractivity contribution is -0.118. The maximum Gasteiger partial charge on any atom is 0.230 e. The van der Waals surface area contributed by atoms with Gasteiger partial charge in [-0.15, -0.1) is 10.2 Å². The molecule has 1 aliphatic rings. The van der Waals surface area contributed by atoms with E-state index in [1.54, 1.807) is 6.26 Å². The molecule has 8 heteroatoms. The fourth-order valence-electron chi connectivity index (χ4n) is 4.19. The molecule has 0 radical (unpaired) electrons. The molecule has 0 saturated carbocycles. The summed E-state index contributed by atoms with van der Waals surface area (Å²) in [6.45, 7) is 8.69. The van der Waals surface area contributed by atoms with Gasteiger partial charge in [-0.05, 0) is 76.0 Å². The molecule has 1 aliphatic heterocycles. The third-order valence-corrected chi connectivity index (χ3v) is 6.86. The minimum Gasteiger partial charge on any atom is -0.468 e. The van der Waals surface area contributed by atoms with Crippen molar-refractivity contribution in [2.45, 2.75) is 51.2 Å². The number of piperidine rings is 1. The van der Waals surface area contributed by atoms with Gasteiger partial charge in [0.05, 0.1) is 23.7 Å². The number of hydrogen-bond acceptors (Lipinski definition) is 6. The van der Waals surface area contributed by atoms with Crippen LogP contribution >= 0.6 is 11.8 Å². The smallest absolute Gasteiger partial charge is 0.230 e. The van der Waals surface area contributed by atoms with E-state index in [1.165, 1.54) is 36.6 Å². The third-order valence-electron chi connectivity index (χ3n) is 5.93. The number of thioether (sulfide) groups is 1. The van der Waals surface area contributed by atoms with Crippen molar-refractivity contribution in [3.63, 3.8) is 0 Å². The second-order valence-electron chi connectivity index (χ2n) is 8.38. The van der Waals surface area contributed by atoms with Crippen molar-refractivity contribution >= 4 is 17.7 Å². The van der Waals surface area contributed by atoms with Crippen LogP contribution in [0.4, 0.5) is 0 Å². The van der Waals surface area contributed by atoms with Crippen LogP contribution in [0.1, 0.15) is 48.0 Å². The Labute approximate surface area is 193 Å². The lowest BCUT2D eigenvalue weighted by Crippen LogP contribution is -2.40. The molecule has 0 aliphatic carbocycles. The first-order chi connectivity index (χ1) is 15.5. The Morgan fingerprint density at radius 3 is 2.72 bits per heavy atom. The summed E-state index contributed by atoms with van der Waals surface area (Å²) in [5.41, 5.74) is 3.38. The normalized spacial score (nSPS) is 15.6. The van der Waals surface area contributed by atoms with Gasteiger partial charge in [0, 0.05) is 6.54 Å². The maximum absolute atomic E-state index is 12.7. The monoisotopic (exact) mass is 453 g/mol. The minimum absolute atomic E-state index is 0.0169. The molecule has 1 atom stereocenters. The van der Waals surface area contributed by atoms with Crippen molar-refractivity contribution in [1.29, 1.82) is 0 Å². The molecule has 1 aromatic carbocycles. The molecular weight excluding hydrogens is 422 g/mol. The third kappa shape index (κ3) is 5.24. The second-order valence-corrected chi connectivity index (χ2v) is 9.32. The molecular formula is C24H31N5O2S. The van der Waals surface area contributed by atoms with Crippen molar-refractivity contribution < 1.29 is 9.21 Å². The number of nitrogens with zero attached hydrogens (tertiary/aromatic N) is 4. The van der Waals surface area contributed by atoms with Crippen molar-refractivity contribution in [1.82, 2.24) is 25.0 Å². The molecule has 2 aromatic heterocycles. The number of hydrogen-bond donors (Lipinski definition) is 1. The summed E-state index contributed by atoms with van der Waals surface area (Å²) in [6.07, 6.45) is 5.35. The zero-order chi connectivity index (χ0) is 22.5. The predicted octanol–water partition coefficient (Wildman–Crippen LogP) is 4.22. The lowest BCUT2D eigenvalue weighted by atomic mass is 10.1. The Kier molecular flexibility index (Phi) is 7.32. The van der Waals surface area contributed by atoms with Gasteiger partial charge in [-0.2, -0.15) is 0 Å². The van der Waals surface area contributed by atoms with Crippen LogP contribution in [0.5, 0.6) is 0 Å². The molecule has 32 heavy (non-hydrogen) atoms. The molecule has 1 fully saturated rings. The number of carbonyl (C=O) groups excluding carboxylic acids is 1. The Bertz CT molecular complexity index is 1040. The fraction of sp³-hybridized carbons (Fsp3) is 0.458. The van der Waals surface area contributed by atoms with Crippen LogP contribution in [0.25, 0.3) is 5.69 Å². The fourth-order valence-corrected chi connectivity index (χ4v) is 5.01. The van der Waals surface area contributed by atoms with Gasteiger partial charge < -0.3 is 9.73 Å². The molecule has 0 spiro atoms. The van der Waals surface area contributed by atoms with E-state index in [-0.39, 0.29) is 17.7 Å². The predicted molar refractivity (Wildman–Crippen MR) is 126 cm³/mol.